The molecule has 0 aliphatic rings. The van der Waals surface area contributed by atoms with E-state index in [2.05, 4.69) is 22.4 Å². The highest BCUT2D eigenvalue weighted by molar-refractivity contribution is 7.98. The third kappa shape index (κ3) is 6.40. The lowest BCUT2D eigenvalue weighted by Gasteiger charge is -2.12. The number of hydrazine groups is 1. The van der Waals surface area contributed by atoms with Crippen molar-refractivity contribution in [2.75, 3.05) is 32.8 Å². The van der Waals surface area contributed by atoms with E-state index >= 15 is 0 Å². The maximum Gasteiger partial charge on any atom is 0.269 e. The van der Waals surface area contributed by atoms with Gasteiger partial charge < -0.3 is 14.8 Å². The first-order valence-electron chi connectivity index (χ1n) is 6.67. The van der Waals surface area contributed by atoms with Crippen LogP contribution in [-0.4, -0.2) is 43.8 Å². The van der Waals surface area contributed by atoms with Crippen molar-refractivity contribution in [3.63, 3.8) is 0 Å². The molecule has 6 nitrogen and oxygen atoms in total. The fourth-order valence-corrected chi connectivity index (χ4v) is 2.17. The highest BCUT2D eigenvalue weighted by Gasteiger charge is 2.10. The minimum Gasteiger partial charge on any atom is -0.497 e. The molecule has 0 bridgehead atoms. The Balaban J connectivity index is 2.49. The molecule has 0 radical (unpaired) electrons. The lowest BCUT2D eigenvalue weighted by atomic mass is 10.2. The summed E-state index contributed by atoms with van der Waals surface area (Å²) in [6, 6.07) is 4.94. The van der Waals surface area contributed by atoms with E-state index in [1.807, 2.05) is 0 Å². The SMILES string of the molecule is COc1cc(OC)cc(C(=O)NNC(=S)NCCCSC)c1. The van der Waals surface area contributed by atoms with Gasteiger partial charge >= 0.3 is 0 Å². The number of hydrogen-bond acceptors (Lipinski definition) is 5. The summed E-state index contributed by atoms with van der Waals surface area (Å²) in [7, 11) is 3.06. The van der Waals surface area contributed by atoms with Crippen LogP contribution in [-0.2, 0) is 0 Å². The van der Waals surface area contributed by atoms with E-state index in [0.717, 1.165) is 18.7 Å². The third-order valence-electron chi connectivity index (χ3n) is 2.71. The lowest BCUT2D eigenvalue weighted by molar-refractivity contribution is 0.0943. The number of methoxy groups -OCH3 is 2. The molecule has 0 saturated heterocycles. The Kier molecular flexibility index (Phi) is 8.46. The van der Waals surface area contributed by atoms with Crippen molar-refractivity contribution in [2.45, 2.75) is 6.42 Å². The highest BCUT2D eigenvalue weighted by atomic mass is 32.2. The molecule has 0 aromatic heterocycles. The van der Waals surface area contributed by atoms with Crippen molar-refractivity contribution in [1.82, 2.24) is 16.2 Å². The van der Waals surface area contributed by atoms with Crippen molar-refractivity contribution in [3.8, 4) is 11.5 Å². The molecule has 22 heavy (non-hydrogen) atoms. The Morgan fingerprint density at radius 3 is 2.36 bits per heavy atom. The number of carbonyl (C=O) groups is 1. The number of ether oxygens (including phenoxy) is 2. The molecular weight excluding hydrogens is 322 g/mol. The van der Waals surface area contributed by atoms with E-state index in [1.54, 1.807) is 30.0 Å². The monoisotopic (exact) mass is 343 g/mol. The van der Waals surface area contributed by atoms with Gasteiger partial charge in [-0.25, -0.2) is 0 Å². The van der Waals surface area contributed by atoms with E-state index in [0.29, 0.717) is 22.2 Å². The second-order valence-electron chi connectivity index (χ2n) is 4.28. The molecule has 1 aromatic carbocycles. The standard InChI is InChI=1S/C14H21N3O3S2/c1-19-11-7-10(8-12(9-11)20-2)13(18)16-17-14(21)15-5-4-6-22-3/h7-9H,4-6H2,1-3H3,(H,16,18)(H2,15,17,21). The number of carbonyl (C=O) groups excluding carboxylic acids is 1. The first-order valence-corrected chi connectivity index (χ1v) is 8.47. The van der Waals surface area contributed by atoms with Crippen LogP contribution in [0.25, 0.3) is 0 Å². The molecule has 0 fully saturated rings. The number of hydrogen-bond donors (Lipinski definition) is 3. The molecule has 0 spiro atoms. The summed E-state index contributed by atoms with van der Waals surface area (Å²) < 4.78 is 10.3. The maximum atomic E-state index is 12.1. The number of thioether (sulfide) groups is 1. The summed E-state index contributed by atoms with van der Waals surface area (Å²) in [4.78, 5) is 12.1. The molecule has 122 valence electrons. The summed E-state index contributed by atoms with van der Waals surface area (Å²) in [5.74, 6) is 1.82. The number of rotatable bonds is 7. The van der Waals surface area contributed by atoms with Crippen LogP contribution < -0.4 is 25.6 Å². The summed E-state index contributed by atoms with van der Waals surface area (Å²) in [6.07, 6.45) is 3.06. The zero-order chi connectivity index (χ0) is 16.4. The molecule has 0 aliphatic carbocycles. The van der Waals surface area contributed by atoms with Crippen LogP contribution in [0.1, 0.15) is 16.8 Å². The van der Waals surface area contributed by atoms with Crippen molar-refractivity contribution < 1.29 is 14.3 Å². The Bertz CT molecular complexity index is 490. The number of nitrogens with one attached hydrogen (secondary N) is 3. The van der Waals surface area contributed by atoms with Crippen LogP contribution in [0.3, 0.4) is 0 Å². The predicted octanol–water partition coefficient (Wildman–Crippen LogP) is 1.57. The van der Waals surface area contributed by atoms with Gasteiger partial charge in [0.05, 0.1) is 14.2 Å². The van der Waals surface area contributed by atoms with Crippen molar-refractivity contribution in [3.05, 3.63) is 23.8 Å². The minimum absolute atomic E-state index is 0.328. The fourth-order valence-electron chi connectivity index (χ4n) is 1.59. The van der Waals surface area contributed by atoms with Gasteiger partial charge in [0.2, 0.25) is 0 Å². The van der Waals surface area contributed by atoms with Crippen molar-refractivity contribution in [1.29, 1.82) is 0 Å². The average molecular weight is 343 g/mol. The number of thiocarbonyl (C=S) groups is 1. The quantitative estimate of drug-likeness (QED) is 0.394. The largest absolute Gasteiger partial charge is 0.497 e. The molecular formula is C14H21N3O3S2. The van der Waals surface area contributed by atoms with Crippen LogP contribution in [0.4, 0.5) is 0 Å². The highest BCUT2D eigenvalue weighted by Crippen LogP contribution is 2.22. The van der Waals surface area contributed by atoms with Gasteiger partial charge in [-0.05, 0) is 42.8 Å². The van der Waals surface area contributed by atoms with Crippen LogP contribution in [0.15, 0.2) is 18.2 Å². The van der Waals surface area contributed by atoms with Gasteiger partial charge in [-0.15, -0.1) is 0 Å². The average Bonchev–Trinajstić information content (AvgIpc) is 2.55. The molecule has 0 aliphatic heterocycles. The normalized spacial score (nSPS) is 9.77. The minimum atomic E-state index is -0.328. The second kappa shape index (κ2) is 10.1. The number of amides is 1. The third-order valence-corrected chi connectivity index (χ3v) is 3.66. The van der Waals surface area contributed by atoms with Gasteiger partial charge in [-0.3, -0.25) is 15.6 Å². The zero-order valence-corrected chi connectivity index (χ0v) is 14.5. The maximum absolute atomic E-state index is 12.1. The van der Waals surface area contributed by atoms with Crippen LogP contribution >= 0.6 is 24.0 Å². The fraction of sp³-hybridized carbons (Fsp3) is 0.429. The van der Waals surface area contributed by atoms with Crippen molar-refractivity contribution in [2.24, 2.45) is 0 Å². The summed E-state index contributed by atoms with van der Waals surface area (Å²) in [5.41, 5.74) is 5.61. The Hall–Kier alpha value is -1.67. The summed E-state index contributed by atoms with van der Waals surface area (Å²) in [5, 5.41) is 3.39. The Labute approximate surface area is 140 Å². The van der Waals surface area contributed by atoms with Gasteiger partial charge in [0.1, 0.15) is 11.5 Å². The molecule has 1 rings (SSSR count). The molecule has 1 amide bonds. The van der Waals surface area contributed by atoms with Gasteiger partial charge in [-0.1, -0.05) is 0 Å². The molecule has 0 atom stereocenters. The second-order valence-corrected chi connectivity index (χ2v) is 5.68. The van der Waals surface area contributed by atoms with E-state index in [4.69, 9.17) is 21.7 Å². The Morgan fingerprint density at radius 1 is 1.18 bits per heavy atom. The van der Waals surface area contributed by atoms with Crippen LogP contribution in [0, 0.1) is 0 Å². The van der Waals surface area contributed by atoms with E-state index in [1.165, 1.54) is 14.2 Å². The first kappa shape index (κ1) is 18.4. The number of benzene rings is 1. The smallest absolute Gasteiger partial charge is 0.269 e. The van der Waals surface area contributed by atoms with Crippen LogP contribution in [0.5, 0.6) is 11.5 Å². The van der Waals surface area contributed by atoms with Gasteiger partial charge in [0.15, 0.2) is 5.11 Å². The van der Waals surface area contributed by atoms with E-state index < -0.39 is 0 Å². The summed E-state index contributed by atoms with van der Waals surface area (Å²) in [6.45, 7) is 0.759. The van der Waals surface area contributed by atoms with Gasteiger partial charge in [-0.2, -0.15) is 11.8 Å². The molecule has 0 heterocycles. The zero-order valence-electron chi connectivity index (χ0n) is 12.9. The van der Waals surface area contributed by atoms with Crippen molar-refractivity contribution >= 4 is 35.0 Å². The van der Waals surface area contributed by atoms with Crippen LogP contribution in [0.2, 0.25) is 0 Å². The van der Waals surface area contributed by atoms with E-state index in [-0.39, 0.29) is 5.91 Å². The molecule has 1 aromatic rings. The van der Waals surface area contributed by atoms with Gasteiger partial charge in [0.25, 0.3) is 5.91 Å². The predicted molar refractivity (Wildman–Crippen MR) is 93.7 cm³/mol. The topological polar surface area (TPSA) is 71.6 Å². The molecule has 0 unspecified atom stereocenters. The summed E-state index contributed by atoms with van der Waals surface area (Å²) >= 11 is 6.85. The Morgan fingerprint density at radius 2 is 1.82 bits per heavy atom. The first-order chi connectivity index (χ1) is 10.6. The molecule has 3 N–H and O–H groups in total. The molecule has 8 heteroatoms. The lowest BCUT2D eigenvalue weighted by Crippen LogP contribution is -2.47. The van der Waals surface area contributed by atoms with Gasteiger partial charge in [0, 0.05) is 18.2 Å². The molecule has 0 saturated carbocycles. The van der Waals surface area contributed by atoms with E-state index in [9.17, 15) is 4.79 Å².